The molecule has 0 aliphatic heterocycles. The topological polar surface area (TPSA) is 73.1 Å². The lowest BCUT2D eigenvalue weighted by atomic mass is 10.2. The van der Waals surface area contributed by atoms with E-state index in [4.69, 9.17) is 0 Å². The Morgan fingerprint density at radius 2 is 1.88 bits per heavy atom. The third-order valence-electron chi connectivity index (χ3n) is 3.66. The first kappa shape index (κ1) is 15.7. The predicted molar refractivity (Wildman–Crippen MR) is 88.5 cm³/mol. The molecule has 122 valence electrons. The van der Waals surface area contributed by atoms with Crippen molar-refractivity contribution in [2.45, 2.75) is 6.54 Å². The highest BCUT2D eigenvalue weighted by Crippen LogP contribution is 2.10. The number of carbonyl (C=O) groups excluding carboxylic acids is 1. The molecule has 1 N–H and O–H groups in total. The van der Waals surface area contributed by atoms with Crippen LogP contribution in [0.4, 0.5) is 10.1 Å². The van der Waals surface area contributed by atoms with E-state index >= 15 is 0 Å². The molecule has 0 aliphatic rings. The van der Waals surface area contributed by atoms with Gasteiger partial charge in [0, 0.05) is 12.7 Å². The van der Waals surface area contributed by atoms with Crippen molar-refractivity contribution >= 4 is 22.5 Å². The highest BCUT2D eigenvalue weighted by molar-refractivity contribution is 5.91. The van der Waals surface area contributed by atoms with E-state index in [2.05, 4.69) is 5.32 Å². The highest BCUT2D eigenvalue weighted by atomic mass is 19.1. The van der Waals surface area contributed by atoms with Crippen LogP contribution in [0, 0.1) is 5.82 Å². The lowest BCUT2D eigenvalue weighted by molar-refractivity contribution is -0.116. The van der Waals surface area contributed by atoms with E-state index in [0.29, 0.717) is 16.6 Å². The Labute approximate surface area is 135 Å². The minimum Gasteiger partial charge on any atom is -0.324 e. The molecule has 0 unspecified atom stereocenters. The molecular formula is C17H14FN3O3. The van der Waals surface area contributed by atoms with Gasteiger partial charge in [0.15, 0.2) is 0 Å². The number of fused-ring (bicyclic) bond motifs is 1. The SMILES string of the molecule is Cn1c(=O)c2ccccc2n(CC(=O)Nc2cccc(F)c2)c1=O. The second kappa shape index (κ2) is 6.11. The number of rotatable bonds is 3. The lowest BCUT2D eigenvalue weighted by Gasteiger charge is -2.12. The van der Waals surface area contributed by atoms with E-state index in [0.717, 1.165) is 4.57 Å². The zero-order valence-corrected chi connectivity index (χ0v) is 12.8. The number of hydrogen-bond acceptors (Lipinski definition) is 3. The van der Waals surface area contributed by atoms with Crippen LogP contribution in [0.3, 0.4) is 0 Å². The van der Waals surface area contributed by atoms with Crippen molar-refractivity contribution in [2.24, 2.45) is 7.05 Å². The fourth-order valence-corrected chi connectivity index (χ4v) is 2.50. The third-order valence-corrected chi connectivity index (χ3v) is 3.66. The van der Waals surface area contributed by atoms with Crippen molar-refractivity contribution in [3.63, 3.8) is 0 Å². The van der Waals surface area contributed by atoms with Crippen LogP contribution < -0.4 is 16.6 Å². The van der Waals surface area contributed by atoms with Gasteiger partial charge in [-0.25, -0.2) is 9.18 Å². The van der Waals surface area contributed by atoms with Gasteiger partial charge in [-0.1, -0.05) is 18.2 Å². The normalized spacial score (nSPS) is 10.8. The molecule has 0 saturated carbocycles. The highest BCUT2D eigenvalue weighted by Gasteiger charge is 2.13. The fourth-order valence-electron chi connectivity index (χ4n) is 2.50. The summed E-state index contributed by atoms with van der Waals surface area (Å²) in [7, 11) is 1.36. The summed E-state index contributed by atoms with van der Waals surface area (Å²) in [5.41, 5.74) is -0.340. The Morgan fingerprint density at radius 3 is 2.62 bits per heavy atom. The van der Waals surface area contributed by atoms with Crippen LogP contribution in [0.1, 0.15) is 0 Å². The van der Waals surface area contributed by atoms with Gasteiger partial charge in [0.05, 0.1) is 10.9 Å². The van der Waals surface area contributed by atoms with E-state index in [9.17, 15) is 18.8 Å². The summed E-state index contributed by atoms with van der Waals surface area (Å²) in [6.45, 7) is -0.288. The van der Waals surface area contributed by atoms with E-state index in [1.54, 1.807) is 30.3 Å². The maximum absolute atomic E-state index is 13.2. The van der Waals surface area contributed by atoms with E-state index in [-0.39, 0.29) is 6.54 Å². The van der Waals surface area contributed by atoms with E-state index < -0.39 is 23.0 Å². The monoisotopic (exact) mass is 327 g/mol. The average Bonchev–Trinajstić information content (AvgIpc) is 2.57. The molecule has 7 heteroatoms. The maximum Gasteiger partial charge on any atom is 0.331 e. The number of hydrogen-bond donors (Lipinski definition) is 1. The van der Waals surface area contributed by atoms with Gasteiger partial charge in [0.1, 0.15) is 12.4 Å². The molecule has 0 aliphatic carbocycles. The summed E-state index contributed by atoms with van der Waals surface area (Å²) in [5, 5.41) is 2.88. The van der Waals surface area contributed by atoms with Crippen LogP contribution in [-0.4, -0.2) is 15.0 Å². The fraction of sp³-hybridized carbons (Fsp3) is 0.118. The van der Waals surface area contributed by atoms with Gasteiger partial charge in [0.2, 0.25) is 5.91 Å². The number of anilines is 1. The van der Waals surface area contributed by atoms with Crippen molar-refractivity contribution in [3.8, 4) is 0 Å². The quantitative estimate of drug-likeness (QED) is 0.792. The predicted octanol–water partition coefficient (Wildman–Crippen LogP) is 1.48. The Balaban J connectivity index is 2.00. The number of para-hydroxylation sites is 1. The maximum atomic E-state index is 13.2. The van der Waals surface area contributed by atoms with Gasteiger partial charge in [-0.3, -0.25) is 18.7 Å². The molecular weight excluding hydrogens is 313 g/mol. The molecule has 0 atom stereocenters. The second-order valence-corrected chi connectivity index (χ2v) is 5.31. The van der Waals surface area contributed by atoms with Gasteiger partial charge < -0.3 is 5.32 Å². The van der Waals surface area contributed by atoms with E-state index in [1.165, 1.54) is 29.8 Å². The summed E-state index contributed by atoms with van der Waals surface area (Å²) in [6, 6.07) is 12.0. The Bertz CT molecular complexity index is 1050. The van der Waals surface area contributed by atoms with Crippen molar-refractivity contribution in [2.75, 3.05) is 5.32 Å². The van der Waals surface area contributed by atoms with Gasteiger partial charge in [-0.15, -0.1) is 0 Å². The van der Waals surface area contributed by atoms with Gasteiger partial charge in [-0.2, -0.15) is 0 Å². The number of amides is 1. The van der Waals surface area contributed by atoms with Crippen LogP contribution in [-0.2, 0) is 18.4 Å². The van der Waals surface area contributed by atoms with Crippen molar-refractivity contribution < 1.29 is 9.18 Å². The first-order valence-corrected chi connectivity index (χ1v) is 7.21. The van der Waals surface area contributed by atoms with Crippen LogP contribution >= 0.6 is 0 Å². The number of carbonyl (C=O) groups is 1. The van der Waals surface area contributed by atoms with Crippen LogP contribution in [0.15, 0.2) is 58.1 Å². The van der Waals surface area contributed by atoms with Crippen molar-refractivity contribution in [1.29, 1.82) is 0 Å². The van der Waals surface area contributed by atoms with Gasteiger partial charge >= 0.3 is 5.69 Å². The summed E-state index contributed by atoms with van der Waals surface area (Å²) >= 11 is 0. The summed E-state index contributed by atoms with van der Waals surface area (Å²) in [6.07, 6.45) is 0. The Hall–Kier alpha value is -3.22. The lowest BCUT2D eigenvalue weighted by Crippen LogP contribution is -2.40. The van der Waals surface area contributed by atoms with Crippen LogP contribution in [0.5, 0.6) is 0 Å². The zero-order chi connectivity index (χ0) is 17.3. The van der Waals surface area contributed by atoms with Crippen LogP contribution in [0.2, 0.25) is 0 Å². The number of nitrogens with zero attached hydrogens (tertiary/aromatic N) is 2. The first-order chi connectivity index (χ1) is 11.5. The van der Waals surface area contributed by atoms with E-state index in [1.807, 2.05) is 0 Å². The number of aromatic nitrogens is 2. The van der Waals surface area contributed by atoms with Crippen molar-refractivity contribution in [3.05, 3.63) is 75.2 Å². The first-order valence-electron chi connectivity index (χ1n) is 7.21. The largest absolute Gasteiger partial charge is 0.331 e. The Morgan fingerprint density at radius 1 is 1.12 bits per heavy atom. The number of benzene rings is 2. The molecule has 0 radical (unpaired) electrons. The minimum absolute atomic E-state index is 0.288. The second-order valence-electron chi connectivity index (χ2n) is 5.31. The molecule has 2 aromatic carbocycles. The van der Waals surface area contributed by atoms with Crippen LogP contribution in [0.25, 0.3) is 10.9 Å². The Kier molecular flexibility index (Phi) is 3.99. The molecule has 3 rings (SSSR count). The average molecular weight is 327 g/mol. The molecule has 3 aromatic rings. The molecule has 24 heavy (non-hydrogen) atoms. The minimum atomic E-state index is -0.590. The standard InChI is InChI=1S/C17H14FN3O3/c1-20-16(23)13-7-2-3-8-14(13)21(17(20)24)10-15(22)19-12-6-4-5-11(18)9-12/h2-9H,10H2,1H3,(H,19,22). The van der Waals surface area contributed by atoms with Gasteiger partial charge in [-0.05, 0) is 30.3 Å². The molecule has 6 nitrogen and oxygen atoms in total. The van der Waals surface area contributed by atoms with Gasteiger partial charge in [0.25, 0.3) is 5.56 Å². The molecule has 0 bridgehead atoms. The molecule has 0 saturated heterocycles. The number of nitrogens with one attached hydrogen (secondary N) is 1. The third kappa shape index (κ3) is 2.83. The molecule has 1 aromatic heterocycles. The smallest absolute Gasteiger partial charge is 0.324 e. The summed E-state index contributed by atoms with van der Waals surface area (Å²) in [4.78, 5) is 36.7. The zero-order valence-electron chi connectivity index (χ0n) is 12.8. The summed E-state index contributed by atoms with van der Waals surface area (Å²) in [5.74, 6) is -0.968. The molecule has 1 heterocycles. The molecule has 0 spiro atoms. The number of halogens is 1. The molecule has 1 amide bonds. The summed E-state index contributed by atoms with van der Waals surface area (Å²) < 4.78 is 15.3. The van der Waals surface area contributed by atoms with Crippen molar-refractivity contribution in [1.82, 2.24) is 9.13 Å². The molecule has 0 fully saturated rings.